The summed E-state index contributed by atoms with van der Waals surface area (Å²) in [6, 6.07) is 8.24. The molecule has 1 N–H and O–H groups in total. The minimum atomic E-state index is -0.0324. The number of aryl methyl sites for hydroxylation is 1. The van der Waals surface area contributed by atoms with E-state index >= 15 is 0 Å². The van der Waals surface area contributed by atoms with Gasteiger partial charge in [0.25, 0.3) is 0 Å². The van der Waals surface area contributed by atoms with Gasteiger partial charge in [-0.3, -0.25) is 9.66 Å². The Balaban J connectivity index is 1.58. The molecule has 2 aliphatic rings. The average Bonchev–Trinajstić information content (AvgIpc) is 3.53. The largest absolute Gasteiger partial charge is 0.376 e. The van der Waals surface area contributed by atoms with Gasteiger partial charge in [0.15, 0.2) is 5.11 Å². The quantitative estimate of drug-likeness (QED) is 0.632. The molecule has 5 rings (SSSR count). The van der Waals surface area contributed by atoms with E-state index in [1.807, 2.05) is 23.0 Å². The lowest BCUT2D eigenvalue weighted by atomic mass is 9.96. The highest BCUT2D eigenvalue weighted by Gasteiger charge is 2.42. The van der Waals surface area contributed by atoms with Gasteiger partial charge in [-0.05, 0) is 57.1 Å². The Labute approximate surface area is 180 Å². The molecule has 0 aliphatic carbocycles. The molecule has 3 atom stereocenters. The van der Waals surface area contributed by atoms with E-state index in [1.54, 1.807) is 12.7 Å². The minimum absolute atomic E-state index is 0.0213. The van der Waals surface area contributed by atoms with E-state index in [0.29, 0.717) is 0 Å². The molecular formula is C21H25N7OS. The van der Waals surface area contributed by atoms with E-state index in [0.717, 1.165) is 48.2 Å². The van der Waals surface area contributed by atoms with Crippen LogP contribution in [0.25, 0.3) is 0 Å². The van der Waals surface area contributed by atoms with Gasteiger partial charge in [-0.25, -0.2) is 4.68 Å². The maximum Gasteiger partial charge on any atom is 0.170 e. The van der Waals surface area contributed by atoms with Gasteiger partial charge < -0.3 is 15.0 Å². The fraction of sp³-hybridized carbons (Fsp3) is 0.429. The normalized spacial score (nSPS) is 23.9. The number of aromatic nitrogens is 5. The predicted octanol–water partition coefficient (Wildman–Crippen LogP) is 2.55. The molecule has 0 bridgehead atoms. The average molecular weight is 424 g/mol. The van der Waals surface area contributed by atoms with Gasteiger partial charge in [0.05, 0.1) is 23.9 Å². The fourth-order valence-electron chi connectivity index (χ4n) is 4.68. The third-order valence-electron chi connectivity index (χ3n) is 6.01. The molecule has 0 spiro atoms. The topological polar surface area (TPSA) is 73.0 Å². The van der Waals surface area contributed by atoms with Crippen molar-refractivity contribution in [2.45, 2.75) is 44.9 Å². The van der Waals surface area contributed by atoms with E-state index in [4.69, 9.17) is 17.0 Å². The number of nitrogens with zero attached hydrogens (tertiary/aromatic N) is 6. The molecule has 8 nitrogen and oxygen atoms in total. The zero-order valence-electron chi connectivity index (χ0n) is 17.1. The lowest BCUT2D eigenvalue weighted by Gasteiger charge is -2.30. The van der Waals surface area contributed by atoms with Crippen molar-refractivity contribution in [3.8, 4) is 0 Å². The van der Waals surface area contributed by atoms with Crippen LogP contribution in [0.1, 0.15) is 47.6 Å². The minimum Gasteiger partial charge on any atom is -0.376 e. The Bertz CT molecular complexity index is 1030. The maximum absolute atomic E-state index is 5.94. The monoisotopic (exact) mass is 423 g/mol. The highest BCUT2D eigenvalue weighted by atomic mass is 32.1. The molecular weight excluding hydrogens is 398 g/mol. The highest BCUT2D eigenvalue weighted by Crippen LogP contribution is 2.41. The Hall–Kier alpha value is -2.78. The first-order valence-electron chi connectivity index (χ1n) is 10.3. The van der Waals surface area contributed by atoms with Crippen LogP contribution in [0.5, 0.6) is 0 Å². The molecule has 0 amide bonds. The number of thiocarbonyl (C=S) groups is 1. The smallest absolute Gasteiger partial charge is 0.170 e. The second-order valence-electron chi connectivity index (χ2n) is 7.89. The van der Waals surface area contributed by atoms with Crippen LogP contribution in [0.3, 0.4) is 0 Å². The predicted molar refractivity (Wildman–Crippen MR) is 116 cm³/mol. The molecule has 3 aromatic rings. The standard InChI is InChI=1S/C21H25N7OS/c1-14-10-17(15(2)28(14)26-12-23-24-13-26)20-19(18-7-3-4-8-22-18)25-21(30)27(20)11-16-6-5-9-29-16/h3-4,7-8,10,12-13,16,19-20H,5-6,9,11H2,1-2H3,(H,25,30)/t16-,19-,20-/m1/s1. The SMILES string of the molecule is Cc1cc([C@@H]2[C@@H](c3ccccn3)NC(=S)N2C[C@H]2CCCO2)c(C)n1-n1cnnc1. The molecule has 5 heterocycles. The van der Waals surface area contributed by atoms with Crippen LogP contribution in [0.15, 0.2) is 43.1 Å². The van der Waals surface area contributed by atoms with Crippen molar-refractivity contribution in [1.82, 2.24) is 34.8 Å². The third kappa shape index (κ3) is 3.27. The summed E-state index contributed by atoms with van der Waals surface area (Å²) in [6.45, 7) is 5.83. The van der Waals surface area contributed by atoms with E-state index < -0.39 is 0 Å². The fourth-order valence-corrected chi connectivity index (χ4v) is 4.99. The van der Waals surface area contributed by atoms with Crippen LogP contribution < -0.4 is 5.32 Å². The van der Waals surface area contributed by atoms with Crippen LogP contribution in [0, 0.1) is 13.8 Å². The zero-order valence-corrected chi connectivity index (χ0v) is 17.9. The number of ether oxygens (including phenoxy) is 1. The lowest BCUT2D eigenvalue weighted by Crippen LogP contribution is -2.36. The maximum atomic E-state index is 5.94. The van der Waals surface area contributed by atoms with E-state index in [9.17, 15) is 0 Å². The number of nitrogens with one attached hydrogen (secondary N) is 1. The van der Waals surface area contributed by atoms with Crippen molar-refractivity contribution in [1.29, 1.82) is 0 Å². The number of hydrogen-bond acceptors (Lipinski definition) is 5. The van der Waals surface area contributed by atoms with E-state index in [-0.39, 0.29) is 18.2 Å². The molecule has 0 radical (unpaired) electrons. The van der Waals surface area contributed by atoms with Gasteiger partial charge in [0, 0.05) is 36.3 Å². The second-order valence-corrected chi connectivity index (χ2v) is 8.28. The molecule has 156 valence electrons. The van der Waals surface area contributed by atoms with Crippen LogP contribution in [-0.4, -0.2) is 53.8 Å². The molecule has 9 heteroatoms. The Morgan fingerprint density at radius 2 is 2.07 bits per heavy atom. The summed E-state index contributed by atoms with van der Waals surface area (Å²) in [6.07, 6.45) is 7.63. The van der Waals surface area contributed by atoms with Crippen LogP contribution in [0.2, 0.25) is 0 Å². The Morgan fingerprint density at radius 1 is 1.23 bits per heavy atom. The summed E-state index contributed by atoms with van der Waals surface area (Å²) in [4.78, 5) is 6.91. The van der Waals surface area contributed by atoms with Crippen LogP contribution in [-0.2, 0) is 4.74 Å². The summed E-state index contributed by atoms with van der Waals surface area (Å²) in [7, 11) is 0. The Morgan fingerprint density at radius 3 is 2.77 bits per heavy atom. The van der Waals surface area contributed by atoms with Crippen molar-refractivity contribution in [3.05, 3.63) is 65.8 Å². The first-order chi connectivity index (χ1) is 14.6. The Kier molecular flexibility index (Phi) is 5.00. The number of hydrogen-bond donors (Lipinski definition) is 1. The van der Waals surface area contributed by atoms with Gasteiger partial charge in [0.1, 0.15) is 12.7 Å². The lowest BCUT2D eigenvalue weighted by molar-refractivity contribution is 0.0841. The van der Waals surface area contributed by atoms with Crippen molar-refractivity contribution in [3.63, 3.8) is 0 Å². The summed E-state index contributed by atoms with van der Waals surface area (Å²) >= 11 is 5.79. The molecule has 2 aliphatic heterocycles. The van der Waals surface area contributed by atoms with Crippen molar-refractivity contribution >= 4 is 17.3 Å². The molecule has 0 unspecified atom stereocenters. The summed E-state index contributed by atoms with van der Waals surface area (Å²) in [5.41, 5.74) is 4.43. The molecule has 2 saturated heterocycles. The first kappa shape index (κ1) is 19.2. The first-order valence-corrected chi connectivity index (χ1v) is 10.7. The van der Waals surface area contributed by atoms with E-state index in [1.165, 1.54) is 5.56 Å². The zero-order chi connectivity index (χ0) is 20.7. The molecule has 0 aromatic carbocycles. The van der Waals surface area contributed by atoms with Crippen molar-refractivity contribution in [2.75, 3.05) is 13.2 Å². The van der Waals surface area contributed by atoms with Crippen molar-refractivity contribution < 1.29 is 4.74 Å². The summed E-state index contributed by atoms with van der Waals surface area (Å²) < 4.78 is 9.96. The summed E-state index contributed by atoms with van der Waals surface area (Å²) in [5.74, 6) is 0. The molecule has 0 saturated carbocycles. The number of rotatable bonds is 5. The van der Waals surface area contributed by atoms with Crippen LogP contribution >= 0.6 is 12.2 Å². The van der Waals surface area contributed by atoms with Crippen LogP contribution in [0.4, 0.5) is 0 Å². The van der Waals surface area contributed by atoms with Crippen molar-refractivity contribution in [2.24, 2.45) is 0 Å². The molecule has 2 fully saturated rings. The van der Waals surface area contributed by atoms with Gasteiger partial charge in [-0.1, -0.05) is 6.07 Å². The van der Waals surface area contributed by atoms with Gasteiger partial charge >= 0.3 is 0 Å². The van der Waals surface area contributed by atoms with Gasteiger partial charge in [0.2, 0.25) is 0 Å². The number of pyridine rings is 1. The third-order valence-corrected chi connectivity index (χ3v) is 6.36. The second kappa shape index (κ2) is 7.81. The van der Waals surface area contributed by atoms with Gasteiger partial charge in [-0.2, -0.15) is 0 Å². The molecule has 30 heavy (non-hydrogen) atoms. The summed E-state index contributed by atoms with van der Waals surface area (Å²) in [5, 5.41) is 12.2. The van der Waals surface area contributed by atoms with Gasteiger partial charge in [-0.15, -0.1) is 10.2 Å². The van der Waals surface area contributed by atoms with E-state index in [2.05, 4.69) is 56.1 Å². The molecule has 3 aromatic heterocycles. The highest BCUT2D eigenvalue weighted by molar-refractivity contribution is 7.80.